The molecule has 1 saturated carbocycles. The zero-order chi connectivity index (χ0) is 12.0. The first kappa shape index (κ1) is 11.4. The smallest absolute Gasteiger partial charge is 0.410 e. The first-order chi connectivity index (χ1) is 7.35. The van der Waals surface area contributed by atoms with Gasteiger partial charge in [0.25, 0.3) is 0 Å². The van der Waals surface area contributed by atoms with Crippen LogP contribution in [0, 0.1) is 5.41 Å². The van der Waals surface area contributed by atoms with E-state index in [4.69, 9.17) is 4.74 Å². The molecule has 1 saturated heterocycles. The highest BCUT2D eigenvalue weighted by Gasteiger charge is 2.53. The number of likely N-dealkylation sites (tertiary alicyclic amines) is 1. The van der Waals surface area contributed by atoms with Gasteiger partial charge in [0.2, 0.25) is 0 Å². The molecule has 1 spiro atoms. The van der Waals surface area contributed by atoms with Crippen LogP contribution in [0.5, 0.6) is 0 Å². The molecule has 2 aliphatic rings. The minimum Gasteiger partial charge on any atom is -0.444 e. The summed E-state index contributed by atoms with van der Waals surface area (Å²) < 4.78 is 5.30. The molecule has 1 aliphatic heterocycles. The molecule has 1 heterocycles. The van der Waals surface area contributed by atoms with Crippen molar-refractivity contribution in [3.05, 3.63) is 0 Å². The van der Waals surface area contributed by atoms with Crippen LogP contribution in [0.4, 0.5) is 4.79 Å². The predicted molar refractivity (Wildman–Crippen MR) is 59.1 cm³/mol. The van der Waals surface area contributed by atoms with Crippen LogP contribution in [0.3, 0.4) is 0 Å². The molecular weight excluding hydrogens is 206 g/mol. The van der Waals surface area contributed by atoms with E-state index in [9.17, 15) is 9.59 Å². The zero-order valence-electron chi connectivity index (χ0n) is 10.2. The lowest BCUT2D eigenvalue weighted by Gasteiger charge is -2.26. The number of carbonyl (C=O) groups excluding carboxylic acids is 2. The summed E-state index contributed by atoms with van der Waals surface area (Å²) in [6.45, 7) is 6.20. The van der Waals surface area contributed by atoms with Gasteiger partial charge < -0.3 is 9.53 Å². The largest absolute Gasteiger partial charge is 0.444 e. The van der Waals surface area contributed by atoms with Gasteiger partial charge in [0.1, 0.15) is 11.9 Å². The van der Waals surface area contributed by atoms with Crippen molar-refractivity contribution in [3.8, 4) is 0 Å². The van der Waals surface area contributed by atoms with Crippen LogP contribution < -0.4 is 0 Å². The Morgan fingerprint density at radius 1 is 1.44 bits per heavy atom. The third-order valence-corrected chi connectivity index (χ3v) is 3.29. The number of hydrogen-bond donors (Lipinski definition) is 0. The highest BCUT2D eigenvalue weighted by Crippen LogP contribution is 2.54. The molecule has 0 bridgehead atoms. The maximum atomic E-state index is 11.9. The third kappa shape index (κ3) is 2.20. The van der Waals surface area contributed by atoms with Crippen LogP contribution in [0.15, 0.2) is 0 Å². The van der Waals surface area contributed by atoms with E-state index in [0.717, 1.165) is 25.5 Å². The Morgan fingerprint density at radius 2 is 2.06 bits per heavy atom. The third-order valence-electron chi connectivity index (χ3n) is 3.29. The van der Waals surface area contributed by atoms with Crippen LogP contribution in [0.25, 0.3) is 0 Å². The van der Waals surface area contributed by atoms with Gasteiger partial charge in [-0.2, -0.15) is 0 Å². The van der Waals surface area contributed by atoms with Crippen molar-refractivity contribution in [2.45, 2.75) is 51.7 Å². The Bertz CT molecular complexity index is 315. The predicted octanol–water partition coefficient (Wildman–Crippen LogP) is 1.97. The average Bonchev–Trinajstić information content (AvgIpc) is 2.75. The maximum Gasteiger partial charge on any atom is 0.410 e. The van der Waals surface area contributed by atoms with Gasteiger partial charge in [0.05, 0.1) is 6.04 Å². The van der Waals surface area contributed by atoms with Crippen molar-refractivity contribution >= 4 is 12.4 Å². The second-order valence-corrected chi connectivity index (χ2v) is 6.02. The molecule has 4 nitrogen and oxygen atoms in total. The van der Waals surface area contributed by atoms with Crippen molar-refractivity contribution in [2.75, 3.05) is 6.54 Å². The molecule has 16 heavy (non-hydrogen) atoms. The van der Waals surface area contributed by atoms with E-state index in [1.807, 2.05) is 20.8 Å². The molecule has 0 aromatic heterocycles. The van der Waals surface area contributed by atoms with Crippen molar-refractivity contribution < 1.29 is 14.3 Å². The quantitative estimate of drug-likeness (QED) is 0.641. The number of nitrogens with zero attached hydrogens (tertiary/aromatic N) is 1. The van der Waals surface area contributed by atoms with Gasteiger partial charge in [-0.15, -0.1) is 0 Å². The SMILES string of the molecule is CC(C)(C)OC(=O)N1CC2(CC2)CC1C=O. The second kappa shape index (κ2) is 3.47. The molecule has 0 N–H and O–H groups in total. The number of aldehydes is 1. The number of hydrogen-bond acceptors (Lipinski definition) is 3. The monoisotopic (exact) mass is 225 g/mol. The molecular formula is C12H19NO3. The van der Waals surface area contributed by atoms with E-state index in [1.54, 1.807) is 4.90 Å². The molecule has 0 aromatic carbocycles. The molecule has 1 unspecified atom stereocenters. The fourth-order valence-corrected chi connectivity index (χ4v) is 2.28. The molecule has 0 radical (unpaired) electrons. The maximum absolute atomic E-state index is 11.9. The topological polar surface area (TPSA) is 46.6 Å². The molecule has 0 aromatic rings. The van der Waals surface area contributed by atoms with E-state index < -0.39 is 5.60 Å². The summed E-state index contributed by atoms with van der Waals surface area (Å²) in [5.74, 6) is 0. The van der Waals surface area contributed by atoms with Gasteiger partial charge in [-0.25, -0.2) is 4.79 Å². The summed E-state index contributed by atoms with van der Waals surface area (Å²) in [6.07, 6.45) is 3.60. The number of rotatable bonds is 1. The van der Waals surface area contributed by atoms with Crippen LogP contribution in [0.2, 0.25) is 0 Å². The first-order valence-electron chi connectivity index (χ1n) is 5.80. The van der Waals surface area contributed by atoms with Crippen LogP contribution in [-0.4, -0.2) is 35.5 Å². The van der Waals surface area contributed by atoms with Gasteiger partial charge in [-0.1, -0.05) is 0 Å². The Morgan fingerprint density at radius 3 is 2.50 bits per heavy atom. The fraction of sp³-hybridized carbons (Fsp3) is 0.833. The highest BCUT2D eigenvalue weighted by atomic mass is 16.6. The lowest BCUT2D eigenvalue weighted by Crippen LogP contribution is -2.40. The molecule has 2 rings (SSSR count). The minimum atomic E-state index is -0.496. The number of carbonyl (C=O) groups is 2. The lowest BCUT2D eigenvalue weighted by molar-refractivity contribution is -0.111. The Hall–Kier alpha value is -1.06. The van der Waals surface area contributed by atoms with Gasteiger partial charge in [0, 0.05) is 6.54 Å². The van der Waals surface area contributed by atoms with Gasteiger partial charge in [0.15, 0.2) is 0 Å². The van der Waals surface area contributed by atoms with Crippen molar-refractivity contribution in [1.29, 1.82) is 0 Å². The summed E-state index contributed by atoms with van der Waals surface area (Å²) >= 11 is 0. The summed E-state index contributed by atoms with van der Waals surface area (Å²) in [5, 5.41) is 0. The van der Waals surface area contributed by atoms with Crippen molar-refractivity contribution in [3.63, 3.8) is 0 Å². The zero-order valence-corrected chi connectivity index (χ0v) is 10.2. The molecule has 2 fully saturated rings. The highest BCUT2D eigenvalue weighted by molar-refractivity contribution is 5.75. The molecule has 1 atom stereocenters. The van der Waals surface area contributed by atoms with Gasteiger partial charge in [-0.3, -0.25) is 4.90 Å². The van der Waals surface area contributed by atoms with Crippen molar-refractivity contribution in [2.24, 2.45) is 5.41 Å². The standard InChI is InChI=1S/C12H19NO3/c1-11(2,3)16-10(15)13-8-12(4-5-12)6-9(13)7-14/h7,9H,4-6,8H2,1-3H3. The fourth-order valence-electron chi connectivity index (χ4n) is 2.28. The van der Waals surface area contributed by atoms with Gasteiger partial charge >= 0.3 is 6.09 Å². The molecule has 4 heteroatoms. The van der Waals surface area contributed by atoms with E-state index in [1.165, 1.54) is 0 Å². The van der Waals surface area contributed by atoms with E-state index in [2.05, 4.69) is 0 Å². The Balaban J connectivity index is 2.02. The first-order valence-corrected chi connectivity index (χ1v) is 5.80. The minimum absolute atomic E-state index is 0.239. The molecule has 1 aliphatic carbocycles. The van der Waals surface area contributed by atoms with E-state index in [-0.39, 0.29) is 17.6 Å². The van der Waals surface area contributed by atoms with Crippen LogP contribution in [-0.2, 0) is 9.53 Å². The van der Waals surface area contributed by atoms with E-state index in [0.29, 0.717) is 6.54 Å². The Kier molecular flexibility index (Phi) is 2.48. The van der Waals surface area contributed by atoms with E-state index >= 15 is 0 Å². The van der Waals surface area contributed by atoms with Crippen molar-refractivity contribution in [1.82, 2.24) is 4.90 Å². The number of ether oxygens (including phenoxy) is 1. The summed E-state index contributed by atoms with van der Waals surface area (Å²) in [7, 11) is 0. The van der Waals surface area contributed by atoms with Crippen LogP contribution >= 0.6 is 0 Å². The summed E-state index contributed by atoms with van der Waals surface area (Å²) in [5.41, 5.74) is -0.258. The lowest BCUT2D eigenvalue weighted by atomic mass is 10.0. The summed E-state index contributed by atoms with van der Waals surface area (Å²) in [6, 6.07) is -0.280. The normalized spacial score (nSPS) is 26.9. The molecule has 90 valence electrons. The molecule has 1 amide bonds. The second-order valence-electron chi connectivity index (χ2n) is 6.02. The van der Waals surface area contributed by atoms with Crippen LogP contribution in [0.1, 0.15) is 40.0 Å². The summed E-state index contributed by atoms with van der Waals surface area (Å²) in [4.78, 5) is 24.4. The average molecular weight is 225 g/mol. The number of amides is 1. The van der Waals surface area contributed by atoms with Gasteiger partial charge in [-0.05, 0) is 45.4 Å². The Labute approximate surface area is 95.9 Å².